The lowest BCUT2D eigenvalue weighted by molar-refractivity contribution is -0.124. The first-order valence-electron chi connectivity index (χ1n) is 4.32. The third kappa shape index (κ3) is 1.26. The Bertz CT molecular complexity index is 315. The fourth-order valence-corrected chi connectivity index (χ4v) is 2.30. The van der Waals surface area contributed by atoms with Crippen molar-refractivity contribution in [1.82, 2.24) is 0 Å². The molecule has 13 heavy (non-hydrogen) atoms. The van der Waals surface area contributed by atoms with E-state index in [-0.39, 0.29) is 11.7 Å². The number of allylic oxidation sites excluding steroid dienone is 4. The van der Waals surface area contributed by atoms with Crippen LogP contribution in [-0.4, -0.2) is 10.6 Å². The summed E-state index contributed by atoms with van der Waals surface area (Å²) >= 11 is 11.4. The molecule has 0 aromatic carbocycles. The lowest BCUT2D eigenvalue weighted by atomic mass is 9.68. The number of rotatable bonds is 1. The summed E-state index contributed by atoms with van der Waals surface area (Å²) in [7, 11) is 0. The van der Waals surface area contributed by atoms with Crippen molar-refractivity contribution >= 4 is 29.0 Å². The molecular formula is C10H10Cl2O. The van der Waals surface area contributed by atoms with Gasteiger partial charge in [0.15, 0.2) is 5.78 Å². The van der Waals surface area contributed by atoms with Crippen LogP contribution in [0.3, 0.4) is 0 Å². The zero-order valence-corrected chi connectivity index (χ0v) is 8.77. The molecule has 2 aliphatic rings. The average Bonchev–Trinajstić information content (AvgIpc) is 2.48. The van der Waals surface area contributed by atoms with Crippen LogP contribution in [0.15, 0.2) is 23.3 Å². The second-order valence-corrected chi connectivity index (χ2v) is 4.65. The number of Topliss-reactive ketones (excluding diaryl/α,β-unsaturated/α-hetero) is 1. The van der Waals surface area contributed by atoms with Gasteiger partial charge in [-0.2, -0.15) is 0 Å². The molecule has 0 radical (unpaired) electrons. The van der Waals surface area contributed by atoms with E-state index < -0.39 is 4.84 Å². The van der Waals surface area contributed by atoms with Crippen LogP contribution in [-0.2, 0) is 4.79 Å². The van der Waals surface area contributed by atoms with Crippen LogP contribution in [0.25, 0.3) is 0 Å². The van der Waals surface area contributed by atoms with Gasteiger partial charge in [0.25, 0.3) is 0 Å². The SMILES string of the molecule is C/C(=C1/C(=O)C2CC=CC12)C(Cl)Cl. The van der Waals surface area contributed by atoms with Gasteiger partial charge in [-0.1, -0.05) is 12.2 Å². The Kier molecular flexibility index (Phi) is 2.25. The largest absolute Gasteiger partial charge is 0.294 e. The first-order valence-corrected chi connectivity index (χ1v) is 5.20. The van der Waals surface area contributed by atoms with Crippen LogP contribution >= 0.6 is 23.2 Å². The quantitative estimate of drug-likeness (QED) is 0.375. The molecule has 0 heterocycles. The van der Waals surface area contributed by atoms with E-state index in [9.17, 15) is 4.79 Å². The molecule has 1 fully saturated rings. The number of carbonyl (C=O) groups is 1. The second-order valence-electron chi connectivity index (χ2n) is 3.56. The van der Waals surface area contributed by atoms with Gasteiger partial charge >= 0.3 is 0 Å². The third-order valence-electron chi connectivity index (χ3n) is 2.85. The van der Waals surface area contributed by atoms with Crippen molar-refractivity contribution in [3.63, 3.8) is 0 Å². The third-order valence-corrected chi connectivity index (χ3v) is 3.51. The highest BCUT2D eigenvalue weighted by Gasteiger charge is 2.46. The van der Waals surface area contributed by atoms with Gasteiger partial charge in [-0.15, -0.1) is 23.2 Å². The fraction of sp³-hybridized carbons (Fsp3) is 0.500. The molecular weight excluding hydrogens is 207 g/mol. The molecule has 0 N–H and O–H groups in total. The normalized spacial score (nSPS) is 34.9. The summed E-state index contributed by atoms with van der Waals surface area (Å²) in [6.07, 6.45) is 5.03. The number of carbonyl (C=O) groups excluding carboxylic acids is 1. The summed E-state index contributed by atoms with van der Waals surface area (Å²) in [4.78, 5) is 11.0. The van der Waals surface area contributed by atoms with Crippen molar-refractivity contribution in [2.75, 3.05) is 0 Å². The lowest BCUT2D eigenvalue weighted by Gasteiger charge is -2.34. The molecule has 0 aromatic rings. The van der Waals surface area contributed by atoms with Gasteiger partial charge < -0.3 is 0 Å². The summed E-state index contributed by atoms with van der Waals surface area (Å²) in [6.45, 7) is 1.83. The van der Waals surface area contributed by atoms with Gasteiger partial charge in [0, 0.05) is 17.4 Å². The van der Waals surface area contributed by atoms with E-state index in [0.717, 1.165) is 17.6 Å². The maximum absolute atomic E-state index is 11.6. The topological polar surface area (TPSA) is 17.1 Å². The summed E-state index contributed by atoms with van der Waals surface area (Å²) in [5.74, 6) is 0.725. The van der Waals surface area contributed by atoms with Crippen molar-refractivity contribution in [3.05, 3.63) is 23.3 Å². The van der Waals surface area contributed by atoms with E-state index in [1.54, 1.807) is 0 Å². The van der Waals surface area contributed by atoms with Gasteiger partial charge in [-0.05, 0) is 18.9 Å². The van der Waals surface area contributed by atoms with E-state index in [0.29, 0.717) is 5.92 Å². The average molecular weight is 217 g/mol. The van der Waals surface area contributed by atoms with Crippen LogP contribution in [0.2, 0.25) is 0 Å². The predicted molar refractivity (Wildman–Crippen MR) is 53.9 cm³/mol. The van der Waals surface area contributed by atoms with Gasteiger partial charge in [0.1, 0.15) is 4.84 Å². The molecule has 0 saturated heterocycles. The van der Waals surface area contributed by atoms with Gasteiger partial charge in [-0.3, -0.25) is 4.79 Å². The van der Waals surface area contributed by atoms with Gasteiger partial charge in [0.2, 0.25) is 0 Å². The van der Waals surface area contributed by atoms with Crippen LogP contribution in [0.5, 0.6) is 0 Å². The Morgan fingerprint density at radius 1 is 1.62 bits per heavy atom. The Hall–Kier alpha value is -0.270. The molecule has 3 heteroatoms. The van der Waals surface area contributed by atoms with Crippen molar-refractivity contribution in [1.29, 1.82) is 0 Å². The minimum atomic E-state index is -0.547. The lowest BCUT2D eigenvalue weighted by Crippen LogP contribution is -2.38. The Labute approximate surface area is 87.4 Å². The Morgan fingerprint density at radius 2 is 2.31 bits per heavy atom. The summed E-state index contributed by atoms with van der Waals surface area (Å²) in [6, 6.07) is 0. The summed E-state index contributed by atoms with van der Waals surface area (Å²) < 4.78 is 0. The molecule has 0 amide bonds. The van der Waals surface area contributed by atoms with Gasteiger partial charge in [0.05, 0.1) is 0 Å². The standard InChI is InChI=1S/C10H10Cl2O/c1-5(10(11)12)8-6-3-2-4-7(6)9(8)13/h2-3,6-7,10H,4H2,1H3/b8-5-. The van der Waals surface area contributed by atoms with Crippen molar-refractivity contribution in [2.24, 2.45) is 11.8 Å². The molecule has 1 nitrogen and oxygen atoms in total. The monoisotopic (exact) mass is 216 g/mol. The summed E-state index contributed by atoms with van der Waals surface area (Å²) in [5.41, 5.74) is 1.66. The minimum Gasteiger partial charge on any atom is -0.294 e. The Balaban J connectivity index is 2.31. The number of ketones is 1. The maximum Gasteiger partial charge on any atom is 0.163 e. The van der Waals surface area contributed by atoms with E-state index in [1.165, 1.54) is 0 Å². The molecule has 2 atom stereocenters. The highest BCUT2D eigenvalue weighted by molar-refractivity contribution is 6.46. The first-order chi connectivity index (χ1) is 6.13. The Morgan fingerprint density at radius 3 is 2.92 bits per heavy atom. The van der Waals surface area contributed by atoms with Crippen molar-refractivity contribution in [2.45, 2.75) is 18.2 Å². The summed E-state index contributed by atoms with van der Waals surface area (Å²) in [5, 5.41) is 0. The molecule has 70 valence electrons. The van der Waals surface area contributed by atoms with Crippen LogP contribution in [0.1, 0.15) is 13.3 Å². The number of hydrogen-bond donors (Lipinski definition) is 0. The molecule has 0 aliphatic heterocycles. The fourth-order valence-electron chi connectivity index (χ4n) is 2.06. The highest BCUT2D eigenvalue weighted by atomic mass is 35.5. The van der Waals surface area contributed by atoms with Crippen molar-refractivity contribution < 1.29 is 4.79 Å². The molecule has 2 rings (SSSR count). The number of halogens is 2. The number of hydrogen-bond acceptors (Lipinski definition) is 1. The molecule has 0 aromatic heterocycles. The van der Waals surface area contributed by atoms with Crippen LogP contribution in [0, 0.1) is 11.8 Å². The smallest absolute Gasteiger partial charge is 0.163 e. The second kappa shape index (κ2) is 3.14. The predicted octanol–water partition coefficient (Wildman–Crippen LogP) is 2.88. The molecule has 2 unspecified atom stereocenters. The first kappa shape index (κ1) is 9.29. The van der Waals surface area contributed by atoms with Crippen LogP contribution in [0.4, 0.5) is 0 Å². The van der Waals surface area contributed by atoms with E-state index in [1.807, 2.05) is 6.92 Å². The minimum absolute atomic E-state index is 0.192. The molecule has 0 spiro atoms. The zero-order chi connectivity index (χ0) is 9.59. The van der Waals surface area contributed by atoms with Gasteiger partial charge in [-0.25, -0.2) is 0 Å². The van der Waals surface area contributed by atoms with E-state index in [4.69, 9.17) is 23.2 Å². The van der Waals surface area contributed by atoms with Crippen molar-refractivity contribution in [3.8, 4) is 0 Å². The number of alkyl halides is 2. The van der Waals surface area contributed by atoms with Crippen LogP contribution < -0.4 is 0 Å². The highest BCUT2D eigenvalue weighted by Crippen LogP contribution is 2.46. The molecule has 1 saturated carbocycles. The van der Waals surface area contributed by atoms with E-state index >= 15 is 0 Å². The number of fused-ring (bicyclic) bond motifs is 1. The van der Waals surface area contributed by atoms with E-state index in [2.05, 4.69) is 12.2 Å². The molecule has 0 bridgehead atoms. The molecule has 2 aliphatic carbocycles. The zero-order valence-electron chi connectivity index (χ0n) is 7.26. The maximum atomic E-state index is 11.6.